The molecule has 3 heterocycles. The molecule has 0 aliphatic rings. The highest BCUT2D eigenvalue weighted by Gasteiger charge is 2.27. The Hall–Kier alpha value is -4.04. The molecule has 0 aliphatic carbocycles. The molecule has 3 rings (SSSR count). The second-order valence-corrected chi connectivity index (χ2v) is 7.74. The molecule has 0 saturated carbocycles. The Morgan fingerprint density at radius 3 is 2.60 bits per heavy atom. The van der Waals surface area contributed by atoms with E-state index in [0.29, 0.717) is 30.0 Å². The van der Waals surface area contributed by atoms with Gasteiger partial charge in [0.2, 0.25) is 11.8 Å². The number of aromatic nitrogens is 6. The summed E-state index contributed by atoms with van der Waals surface area (Å²) >= 11 is 0. The molecule has 3 aromatic heterocycles. The van der Waals surface area contributed by atoms with Crippen molar-refractivity contribution in [3.05, 3.63) is 41.6 Å². The summed E-state index contributed by atoms with van der Waals surface area (Å²) in [4.78, 5) is 42.4. The summed E-state index contributed by atoms with van der Waals surface area (Å²) in [6.45, 7) is 2.29. The van der Waals surface area contributed by atoms with Crippen molar-refractivity contribution in [2.45, 2.75) is 45.6 Å². The van der Waals surface area contributed by atoms with Crippen LogP contribution >= 0.6 is 0 Å². The molecular weight excluding hydrogens is 471 g/mol. The highest BCUT2D eigenvalue weighted by atomic mass is 19.4. The van der Waals surface area contributed by atoms with Crippen LogP contribution in [0.5, 0.6) is 0 Å². The first-order valence-corrected chi connectivity index (χ1v) is 10.6. The minimum Gasteiger partial charge on any atom is -0.352 e. The van der Waals surface area contributed by atoms with E-state index < -0.39 is 30.8 Å². The van der Waals surface area contributed by atoms with Gasteiger partial charge in [-0.15, -0.1) is 5.10 Å². The molecule has 0 unspecified atom stereocenters. The van der Waals surface area contributed by atoms with Crippen LogP contribution in [0.15, 0.2) is 24.7 Å². The third-order valence-corrected chi connectivity index (χ3v) is 4.92. The van der Waals surface area contributed by atoms with Crippen LogP contribution in [-0.4, -0.2) is 72.0 Å². The standard InChI is InChI=1S/C20H24F3N9O3/c1-13(33)30(2)5-6-32-27-11-16(29-32)19(35)25-10-15-12-31-17(28-15)7-14(9-26-31)8-24-18(34)3-4-20(21,22)23/h7,9,11-12H,3-6,8,10H2,1-2H3,(H,24,34)(H,25,35). The normalized spacial score (nSPS) is 11.5. The maximum Gasteiger partial charge on any atom is 0.389 e. The number of carbonyl (C=O) groups is 3. The largest absolute Gasteiger partial charge is 0.389 e. The van der Waals surface area contributed by atoms with Gasteiger partial charge in [0, 0.05) is 33.5 Å². The molecule has 3 amide bonds. The molecule has 0 saturated heterocycles. The number of carbonyl (C=O) groups excluding carboxylic acids is 3. The van der Waals surface area contributed by atoms with Gasteiger partial charge in [-0.1, -0.05) is 0 Å². The van der Waals surface area contributed by atoms with Crippen LogP contribution < -0.4 is 10.6 Å². The number of likely N-dealkylation sites (N-methyl/N-ethyl adjacent to an activating group) is 1. The molecule has 0 spiro atoms. The number of nitrogens with zero attached hydrogens (tertiary/aromatic N) is 7. The summed E-state index contributed by atoms with van der Waals surface area (Å²) in [5.41, 5.74) is 1.62. The van der Waals surface area contributed by atoms with Crippen LogP contribution in [0, 0.1) is 0 Å². The first kappa shape index (κ1) is 25.6. The Kier molecular flexibility index (Phi) is 7.98. The SMILES string of the molecule is CC(=O)N(C)CCn1ncc(C(=O)NCc2cn3ncc(CNC(=O)CCC(F)(F)F)cc3n2)n1. The number of imidazole rings is 1. The van der Waals surface area contributed by atoms with E-state index in [9.17, 15) is 27.6 Å². The van der Waals surface area contributed by atoms with Crippen molar-refractivity contribution in [2.24, 2.45) is 0 Å². The number of hydrogen-bond donors (Lipinski definition) is 2. The van der Waals surface area contributed by atoms with E-state index in [1.54, 1.807) is 19.3 Å². The van der Waals surface area contributed by atoms with Gasteiger partial charge < -0.3 is 15.5 Å². The molecule has 12 nitrogen and oxygen atoms in total. The van der Waals surface area contributed by atoms with Gasteiger partial charge in [-0.05, 0) is 11.6 Å². The summed E-state index contributed by atoms with van der Waals surface area (Å²) in [6.07, 6.45) is -1.82. The van der Waals surface area contributed by atoms with E-state index in [-0.39, 0.29) is 24.7 Å². The highest BCUT2D eigenvalue weighted by molar-refractivity contribution is 5.91. The minimum absolute atomic E-state index is 0.0109. The summed E-state index contributed by atoms with van der Waals surface area (Å²) in [7, 11) is 1.65. The van der Waals surface area contributed by atoms with Crippen molar-refractivity contribution in [1.82, 2.24) is 45.1 Å². The van der Waals surface area contributed by atoms with E-state index in [4.69, 9.17) is 0 Å². The summed E-state index contributed by atoms with van der Waals surface area (Å²) in [5, 5.41) is 17.4. The predicted octanol–water partition coefficient (Wildman–Crippen LogP) is 0.688. The summed E-state index contributed by atoms with van der Waals surface area (Å²) < 4.78 is 38.1. The van der Waals surface area contributed by atoms with Gasteiger partial charge in [-0.3, -0.25) is 14.4 Å². The molecule has 35 heavy (non-hydrogen) atoms. The van der Waals surface area contributed by atoms with Crippen molar-refractivity contribution < 1.29 is 27.6 Å². The van der Waals surface area contributed by atoms with Crippen molar-refractivity contribution in [3.8, 4) is 0 Å². The van der Waals surface area contributed by atoms with E-state index >= 15 is 0 Å². The fourth-order valence-electron chi connectivity index (χ4n) is 2.86. The molecule has 15 heteroatoms. The lowest BCUT2D eigenvalue weighted by molar-refractivity contribution is -0.144. The molecule has 188 valence electrons. The van der Waals surface area contributed by atoms with Gasteiger partial charge in [-0.2, -0.15) is 28.2 Å². The average molecular weight is 495 g/mol. The number of fused-ring (bicyclic) bond motifs is 1. The zero-order valence-electron chi connectivity index (χ0n) is 19.0. The predicted molar refractivity (Wildman–Crippen MR) is 115 cm³/mol. The summed E-state index contributed by atoms with van der Waals surface area (Å²) in [5.74, 6) is -1.25. The molecule has 0 atom stereocenters. The zero-order chi connectivity index (χ0) is 25.6. The third-order valence-electron chi connectivity index (χ3n) is 4.92. The van der Waals surface area contributed by atoms with Crippen molar-refractivity contribution >= 4 is 23.4 Å². The molecule has 0 radical (unpaired) electrons. The van der Waals surface area contributed by atoms with Gasteiger partial charge in [0.05, 0.1) is 43.8 Å². The van der Waals surface area contributed by atoms with Gasteiger partial charge in [0.15, 0.2) is 11.3 Å². The average Bonchev–Trinajstić information content (AvgIpc) is 3.44. The smallest absolute Gasteiger partial charge is 0.352 e. The van der Waals surface area contributed by atoms with Crippen LogP contribution in [-0.2, 0) is 29.2 Å². The number of alkyl halides is 3. The van der Waals surface area contributed by atoms with Gasteiger partial charge in [0.1, 0.15) is 0 Å². The van der Waals surface area contributed by atoms with E-state index in [2.05, 4.69) is 30.9 Å². The van der Waals surface area contributed by atoms with Crippen molar-refractivity contribution in [3.63, 3.8) is 0 Å². The first-order chi connectivity index (χ1) is 16.5. The van der Waals surface area contributed by atoms with Crippen LogP contribution in [0.1, 0.15) is 41.5 Å². The van der Waals surface area contributed by atoms with Crippen molar-refractivity contribution in [1.29, 1.82) is 0 Å². The monoisotopic (exact) mass is 495 g/mol. The van der Waals surface area contributed by atoms with Gasteiger partial charge in [0.25, 0.3) is 5.91 Å². The zero-order valence-corrected chi connectivity index (χ0v) is 19.0. The molecule has 2 N–H and O–H groups in total. The van der Waals surface area contributed by atoms with Gasteiger partial charge >= 0.3 is 6.18 Å². The Morgan fingerprint density at radius 2 is 1.89 bits per heavy atom. The molecule has 0 fully saturated rings. The van der Waals surface area contributed by atoms with Crippen LogP contribution in [0.25, 0.3) is 5.65 Å². The molecule has 0 bridgehead atoms. The van der Waals surface area contributed by atoms with Crippen LogP contribution in [0.4, 0.5) is 13.2 Å². The fraction of sp³-hybridized carbons (Fsp3) is 0.450. The van der Waals surface area contributed by atoms with Crippen molar-refractivity contribution in [2.75, 3.05) is 13.6 Å². The number of rotatable bonds is 10. The fourth-order valence-corrected chi connectivity index (χ4v) is 2.86. The third kappa shape index (κ3) is 7.75. The second kappa shape index (κ2) is 10.9. The number of amides is 3. The maximum atomic E-state index is 12.4. The maximum absolute atomic E-state index is 12.4. The number of hydrogen-bond acceptors (Lipinski definition) is 7. The Labute approximate surface area is 197 Å². The molecule has 3 aromatic rings. The molecular formula is C20H24F3N9O3. The topological polar surface area (TPSA) is 139 Å². The van der Waals surface area contributed by atoms with Crippen LogP contribution in [0.3, 0.4) is 0 Å². The lowest BCUT2D eigenvalue weighted by Gasteiger charge is -2.13. The lowest BCUT2D eigenvalue weighted by Crippen LogP contribution is -2.28. The second-order valence-electron chi connectivity index (χ2n) is 7.74. The van der Waals surface area contributed by atoms with Gasteiger partial charge in [-0.25, -0.2) is 9.50 Å². The van der Waals surface area contributed by atoms with Crippen LogP contribution in [0.2, 0.25) is 0 Å². The Morgan fingerprint density at radius 1 is 1.11 bits per heavy atom. The molecule has 0 aliphatic heterocycles. The highest BCUT2D eigenvalue weighted by Crippen LogP contribution is 2.21. The Bertz CT molecular complexity index is 1210. The minimum atomic E-state index is -4.39. The van der Waals surface area contributed by atoms with E-state index in [1.165, 1.54) is 33.5 Å². The number of nitrogens with one attached hydrogen (secondary N) is 2. The quantitative estimate of drug-likeness (QED) is 0.422. The lowest BCUT2D eigenvalue weighted by atomic mass is 10.2. The van der Waals surface area contributed by atoms with E-state index in [0.717, 1.165) is 0 Å². The molecule has 0 aromatic carbocycles. The number of halogens is 3. The Balaban J connectivity index is 1.50. The summed E-state index contributed by atoms with van der Waals surface area (Å²) in [6, 6.07) is 1.63. The van der Waals surface area contributed by atoms with E-state index in [1.807, 2.05) is 0 Å². The first-order valence-electron chi connectivity index (χ1n) is 10.6.